The summed E-state index contributed by atoms with van der Waals surface area (Å²) in [6, 6.07) is 1.38. The molecule has 0 saturated carbocycles. The fourth-order valence-electron chi connectivity index (χ4n) is 1.48. The fraction of sp³-hybridized carbons (Fsp3) is 0.273. The Morgan fingerprint density at radius 3 is 2.18 bits per heavy atom. The van der Waals surface area contributed by atoms with Crippen molar-refractivity contribution in [2.45, 2.75) is 6.92 Å². The SMILES string of the molecule is COc1c(C)cc(C(=O)C(=O)O)c(OC)c1Cl. The van der Waals surface area contributed by atoms with E-state index >= 15 is 0 Å². The van der Waals surface area contributed by atoms with Gasteiger partial charge in [-0.1, -0.05) is 11.6 Å². The molecule has 1 rings (SSSR count). The Morgan fingerprint density at radius 2 is 1.76 bits per heavy atom. The molecule has 6 heteroatoms. The molecule has 0 heterocycles. The Morgan fingerprint density at radius 1 is 1.24 bits per heavy atom. The van der Waals surface area contributed by atoms with Gasteiger partial charge in [-0.15, -0.1) is 0 Å². The summed E-state index contributed by atoms with van der Waals surface area (Å²) in [6.45, 7) is 1.66. The lowest BCUT2D eigenvalue weighted by Crippen LogP contribution is -2.14. The van der Waals surface area contributed by atoms with E-state index < -0.39 is 11.8 Å². The third kappa shape index (κ3) is 2.34. The van der Waals surface area contributed by atoms with Crippen LogP contribution in [0.1, 0.15) is 15.9 Å². The van der Waals surface area contributed by atoms with Crippen LogP contribution in [-0.4, -0.2) is 31.1 Å². The van der Waals surface area contributed by atoms with Crippen LogP contribution in [0.25, 0.3) is 0 Å². The first kappa shape index (κ1) is 13.3. The molecule has 0 saturated heterocycles. The van der Waals surface area contributed by atoms with Crippen LogP contribution in [0.2, 0.25) is 5.02 Å². The zero-order valence-corrected chi connectivity index (χ0v) is 10.3. The molecule has 0 spiro atoms. The van der Waals surface area contributed by atoms with Crippen molar-refractivity contribution in [2.24, 2.45) is 0 Å². The van der Waals surface area contributed by atoms with Crippen molar-refractivity contribution >= 4 is 23.4 Å². The molecular formula is C11H11ClO5. The van der Waals surface area contributed by atoms with E-state index in [1.807, 2.05) is 0 Å². The van der Waals surface area contributed by atoms with Gasteiger partial charge in [0.2, 0.25) is 0 Å². The molecule has 5 nitrogen and oxygen atoms in total. The number of carbonyl (C=O) groups is 2. The van der Waals surface area contributed by atoms with Crippen LogP contribution in [0.4, 0.5) is 0 Å². The van der Waals surface area contributed by atoms with Gasteiger partial charge in [-0.05, 0) is 18.6 Å². The first-order valence-corrected chi connectivity index (χ1v) is 5.00. The molecule has 0 atom stereocenters. The van der Waals surface area contributed by atoms with Crippen LogP contribution >= 0.6 is 11.6 Å². The Labute approximate surface area is 103 Å². The average Bonchev–Trinajstić information content (AvgIpc) is 2.27. The maximum absolute atomic E-state index is 11.4. The average molecular weight is 259 g/mol. The smallest absolute Gasteiger partial charge is 0.377 e. The van der Waals surface area contributed by atoms with E-state index in [1.54, 1.807) is 6.92 Å². The molecule has 0 unspecified atom stereocenters. The summed E-state index contributed by atoms with van der Waals surface area (Å²) in [4.78, 5) is 22.1. The highest BCUT2D eigenvalue weighted by Crippen LogP contribution is 2.39. The number of aliphatic carboxylic acids is 1. The van der Waals surface area contributed by atoms with Crippen molar-refractivity contribution in [1.82, 2.24) is 0 Å². The number of carbonyl (C=O) groups excluding carboxylic acids is 1. The van der Waals surface area contributed by atoms with Gasteiger partial charge in [0.1, 0.15) is 10.8 Å². The first-order chi connectivity index (χ1) is 7.93. The van der Waals surface area contributed by atoms with Crippen LogP contribution in [0, 0.1) is 6.92 Å². The third-order valence-electron chi connectivity index (χ3n) is 2.21. The first-order valence-electron chi connectivity index (χ1n) is 4.62. The molecule has 0 aliphatic heterocycles. The van der Waals surface area contributed by atoms with Gasteiger partial charge >= 0.3 is 5.97 Å². The van der Waals surface area contributed by atoms with Gasteiger partial charge in [-0.3, -0.25) is 4.79 Å². The molecule has 0 aliphatic carbocycles. The van der Waals surface area contributed by atoms with E-state index in [4.69, 9.17) is 26.2 Å². The number of rotatable bonds is 4. The minimum atomic E-state index is -1.57. The fourth-order valence-corrected chi connectivity index (χ4v) is 1.88. The van der Waals surface area contributed by atoms with Crippen LogP contribution in [0.5, 0.6) is 11.5 Å². The summed E-state index contributed by atoms with van der Waals surface area (Å²) < 4.78 is 9.99. The van der Waals surface area contributed by atoms with Gasteiger partial charge < -0.3 is 14.6 Å². The second-order valence-electron chi connectivity index (χ2n) is 3.26. The van der Waals surface area contributed by atoms with Crippen molar-refractivity contribution in [3.8, 4) is 11.5 Å². The minimum Gasteiger partial charge on any atom is -0.495 e. The van der Waals surface area contributed by atoms with Crippen LogP contribution in [-0.2, 0) is 4.79 Å². The number of Topliss-reactive ketones (excluding diaryl/α,β-unsaturated/α-hetero) is 1. The van der Waals surface area contributed by atoms with Crippen LogP contribution in [0.15, 0.2) is 6.07 Å². The van der Waals surface area contributed by atoms with Crippen LogP contribution < -0.4 is 9.47 Å². The lowest BCUT2D eigenvalue weighted by molar-refractivity contribution is -0.131. The molecule has 1 aromatic rings. The normalized spacial score (nSPS) is 9.88. The van der Waals surface area contributed by atoms with Crippen molar-refractivity contribution in [2.75, 3.05) is 14.2 Å². The number of ether oxygens (including phenoxy) is 2. The topological polar surface area (TPSA) is 72.8 Å². The van der Waals surface area contributed by atoms with Gasteiger partial charge in [0.25, 0.3) is 5.78 Å². The minimum absolute atomic E-state index is 0.00140. The van der Waals surface area contributed by atoms with Crippen molar-refractivity contribution in [1.29, 1.82) is 0 Å². The number of benzene rings is 1. The van der Waals surface area contributed by atoms with Gasteiger partial charge in [0, 0.05) is 0 Å². The summed E-state index contributed by atoms with van der Waals surface area (Å²) in [5.74, 6) is -2.29. The molecule has 0 bridgehead atoms. The standard InChI is InChI=1S/C11H11ClO5/c1-5-4-6(8(13)11(14)15)10(17-3)7(12)9(5)16-2/h4H,1-3H3,(H,14,15). The van der Waals surface area contributed by atoms with Gasteiger partial charge in [0.05, 0.1) is 19.8 Å². The predicted molar refractivity (Wildman–Crippen MR) is 61.3 cm³/mol. The van der Waals surface area contributed by atoms with Crippen molar-refractivity contribution in [3.05, 3.63) is 22.2 Å². The second kappa shape index (κ2) is 5.05. The maximum atomic E-state index is 11.4. The maximum Gasteiger partial charge on any atom is 0.377 e. The Balaban J connectivity index is 3.52. The molecule has 1 N–H and O–H groups in total. The number of hydrogen-bond donors (Lipinski definition) is 1. The number of aryl methyl sites for hydroxylation is 1. The quantitative estimate of drug-likeness (QED) is 0.660. The molecule has 0 radical (unpaired) electrons. The Kier molecular flexibility index (Phi) is 3.96. The molecular weight excluding hydrogens is 248 g/mol. The third-order valence-corrected chi connectivity index (χ3v) is 2.55. The highest BCUT2D eigenvalue weighted by molar-refractivity contribution is 6.42. The monoisotopic (exact) mass is 258 g/mol. The molecule has 0 fully saturated rings. The molecule has 0 amide bonds. The number of carboxylic acid groups (broad SMARTS) is 1. The molecule has 1 aromatic carbocycles. The highest BCUT2D eigenvalue weighted by Gasteiger charge is 2.24. The highest BCUT2D eigenvalue weighted by atomic mass is 35.5. The summed E-state index contributed by atoms with van der Waals surface area (Å²) >= 11 is 5.97. The number of halogens is 1. The zero-order chi connectivity index (χ0) is 13.2. The van der Waals surface area contributed by atoms with E-state index in [0.717, 1.165) is 0 Å². The van der Waals surface area contributed by atoms with Crippen molar-refractivity contribution < 1.29 is 24.2 Å². The van der Waals surface area contributed by atoms with Gasteiger partial charge in [0.15, 0.2) is 5.75 Å². The summed E-state index contributed by atoms with van der Waals surface area (Å²) in [5.41, 5.74) is 0.464. The van der Waals surface area contributed by atoms with Crippen molar-refractivity contribution in [3.63, 3.8) is 0 Å². The number of methoxy groups -OCH3 is 2. The number of hydrogen-bond acceptors (Lipinski definition) is 4. The molecule has 92 valence electrons. The number of carboxylic acids is 1. The zero-order valence-electron chi connectivity index (χ0n) is 9.54. The van der Waals surface area contributed by atoms with Gasteiger partial charge in [-0.2, -0.15) is 0 Å². The summed E-state index contributed by atoms with van der Waals surface area (Å²) in [5, 5.41) is 8.77. The summed E-state index contributed by atoms with van der Waals surface area (Å²) in [7, 11) is 2.72. The Bertz CT molecular complexity index is 481. The van der Waals surface area contributed by atoms with E-state index in [2.05, 4.69) is 0 Å². The lowest BCUT2D eigenvalue weighted by atomic mass is 10.1. The van der Waals surface area contributed by atoms with Crippen LogP contribution in [0.3, 0.4) is 0 Å². The molecule has 0 aromatic heterocycles. The lowest BCUT2D eigenvalue weighted by Gasteiger charge is -2.13. The van der Waals surface area contributed by atoms with Gasteiger partial charge in [-0.25, -0.2) is 4.79 Å². The number of ketones is 1. The second-order valence-corrected chi connectivity index (χ2v) is 3.63. The molecule has 17 heavy (non-hydrogen) atoms. The van der Waals surface area contributed by atoms with E-state index in [1.165, 1.54) is 20.3 Å². The van der Waals surface area contributed by atoms with E-state index in [-0.39, 0.29) is 16.3 Å². The predicted octanol–water partition coefficient (Wildman–Crippen LogP) is 1.93. The Hall–Kier alpha value is -1.75. The summed E-state index contributed by atoms with van der Waals surface area (Å²) in [6.07, 6.45) is 0. The van der Waals surface area contributed by atoms with E-state index in [0.29, 0.717) is 11.3 Å². The van der Waals surface area contributed by atoms with E-state index in [9.17, 15) is 9.59 Å². The molecule has 0 aliphatic rings. The largest absolute Gasteiger partial charge is 0.495 e.